The highest BCUT2D eigenvalue weighted by Gasteiger charge is 2.49. The molecule has 0 saturated heterocycles. The molecule has 2 aliphatic rings. The van der Waals surface area contributed by atoms with E-state index in [9.17, 15) is 9.59 Å². The number of hydrogen-bond acceptors (Lipinski definition) is 5. The Balaban J connectivity index is 1.21. The summed E-state index contributed by atoms with van der Waals surface area (Å²) >= 11 is 0. The average molecular weight is 526 g/mol. The monoisotopic (exact) mass is 525 g/mol. The molecular weight excluding hydrogens is 490 g/mol. The molecule has 2 aromatic carbocycles. The van der Waals surface area contributed by atoms with Crippen molar-refractivity contribution in [2.75, 3.05) is 13.6 Å². The van der Waals surface area contributed by atoms with Gasteiger partial charge >= 0.3 is 0 Å². The molecule has 6 rings (SSSR count). The van der Waals surface area contributed by atoms with E-state index >= 15 is 0 Å². The zero-order chi connectivity index (χ0) is 27.0. The van der Waals surface area contributed by atoms with Gasteiger partial charge in [0.05, 0.1) is 12.3 Å². The number of aromatic nitrogens is 4. The van der Waals surface area contributed by atoms with Gasteiger partial charge in [-0.1, -0.05) is 73.9 Å². The highest BCUT2D eigenvalue weighted by molar-refractivity contribution is 5.85. The SMILES string of the molecule is Cc1ccccc1C1(CN(C)C(=O)C2(OCc3cc(=O)n4[nH]c(-c5ccccc5)nc4n3)CCCCC2)CC1. The van der Waals surface area contributed by atoms with Crippen LogP contribution in [0.5, 0.6) is 0 Å². The van der Waals surface area contributed by atoms with Gasteiger partial charge in [-0.3, -0.25) is 14.7 Å². The first-order valence-corrected chi connectivity index (χ1v) is 13.9. The quantitative estimate of drug-likeness (QED) is 0.357. The van der Waals surface area contributed by atoms with Gasteiger partial charge in [0.2, 0.25) is 0 Å². The van der Waals surface area contributed by atoms with E-state index in [1.807, 2.05) is 42.3 Å². The van der Waals surface area contributed by atoms with Gasteiger partial charge in [-0.2, -0.15) is 9.50 Å². The molecule has 1 amide bonds. The number of ether oxygens (including phenoxy) is 1. The number of nitrogens with zero attached hydrogens (tertiary/aromatic N) is 4. The van der Waals surface area contributed by atoms with Crippen molar-refractivity contribution in [1.82, 2.24) is 24.5 Å². The third-order valence-corrected chi connectivity index (χ3v) is 8.43. The fourth-order valence-electron chi connectivity index (χ4n) is 6.19. The number of amides is 1. The summed E-state index contributed by atoms with van der Waals surface area (Å²) < 4.78 is 7.79. The number of hydrogen-bond donors (Lipinski definition) is 1. The summed E-state index contributed by atoms with van der Waals surface area (Å²) in [6, 6.07) is 19.6. The molecule has 8 nitrogen and oxygen atoms in total. The van der Waals surface area contributed by atoms with Gasteiger partial charge < -0.3 is 9.64 Å². The molecule has 0 radical (unpaired) electrons. The maximum atomic E-state index is 14.0. The van der Waals surface area contributed by atoms with E-state index in [0.717, 1.165) is 37.7 Å². The smallest absolute Gasteiger partial charge is 0.274 e. The number of likely N-dealkylation sites (N-methyl/N-ethyl adjacent to an activating group) is 1. The van der Waals surface area contributed by atoms with Crippen LogP contribution in [0.25, 0.3) is 17.2 Å². The normalized spacial score (nSPS) is 17.7. The molecule has 4 aromatic rings. The lowest BCUT2D eigenvalue weighted by Gasteiger charge is -2.39. The molecule has 2 fully saturated rings. The number of aromatic amines is 1. The first-order chi connectivity index (χ1) is 18.9. The van der Waals surface area contributed by atoms with Gasteiger partial charge in [0, 0.05) is 30.6 Å². The van der Waals surface area contributed by atoms with E-state index in [2.05, 4.69) is 46.3 Å². The first-order valence-electron chi connectivity index (χ1n) is 13.9. The molecule has 8 heteroatoms. The molecule has 1 N–H and O–H groups in total. The van der Waals surface area contributed by atoms with Gasteiger partial charge in [-0.15, -0.1) is 0 Å². The first kappa shape index (κ1) is 25.5. The summed E-state index contributed by atoms with van der Waals surface area (Å²) in [5.41, 5.74) is 2.84. The molecule has 2 aliphatic carbocycles. The van der Waals surface area contributed by atoms with Gasteiger partial charge in [0.25, 0.3) is 17.2 Å². The highest BCUT2D eigenvalue weighted by atomic mass is 16.5. The van der Waals surface area contributed by atoms with Crippen molar-refractivity contribution in [1.29, 1.82) is 0 Å². The van der Waals surface area contributed by atoms with E-state index in [1.165, 1.54) is 21.7 Å². The Bertz CT molecular complexity index is 1550. The number of fused-ring (bicyclic) bond motifs is 1. The van der Waals surface area contributed by atoms with Gasteiger partial charge in [-0.05, 0) is 43.7 Å². The molecule has 39 heavy (non-hydrogen) atoms. The van der Waals surface area contributed by atoms with Crippen molar-refractivity contribution in [2.24, 2.45) is 0 Å². The Morgan fingerprint density at radius 3 is 2.44 bits per heavy atom. The molecule has 202 valence electrons. The summed E-state index contributed by atoms with van der Waals surface area (Å²) in [5.74, 6) is 0.891. The lowest BCUT2D eigenvalue weighted by atomic mass is 9.83. The molecule has 0 aliphatic heterocycles. The molecule has 0 spiro atoms. The fraction of sp³-hybridized carbons (Fsp3) is 0.419. The highest BCUT2D eigenvalue weighted by Crippen LogP contribution is 2.50. The van der Waals surface area contributed by atoms with Crippen molar-refractivity contribution in [3.05, 3.63) is 87.8 Å². The number of carbonyl (C=O) groups is 1. The van der Waals surface area contributed by atoms with Gasteiger partial charge in [0.1, 0.15) is 5.60 Å². The van der Waals surface area contributed by atoms with Crippen LogP contribution in [0.15, 0.2) is 65.5 Å². The van der Waals surface area contributed by atoms with Crippen LogP contribution in [0.1, 0.15) is 61.8 Å². The van der Waals surface area contributed by atoms with E-state index in [0.29, 0.717) is 30.9 Å². The lowest BCUT2D eigenvalue weighted by Crippen LogP contribution is -2.52. The van der Waals surface area contributed by atoms with Crippen LogP contribution in [-0.2, 0) is 21.6 Å². The van der Waals surface area contributed by atoms with Crippen LogP contribution < -0.4 is 5.56 Å². The Morgan fingerprint density at radius 2 is 1.72 bits per heavy atom. The van der Waals surface area contributed by atoms with E-state index in [-0.39, 0.29) is 29.3 Å². The van der Waals surface area contributed by atoms with Crippen LogP contribution in [0, 0.1) is 6.92 Å². The topological polar surface area (TPSA) is 92.6 Å². The fourth-order valence-corrected chi connectivity index (χ4v) is 6.19. The zero-order valence-electron chi connectivity index (χ0n) is 22.7. The second-order valence-corrected chi connectivity index (χ2v) is 11.3. The molecular formula is C31H35N5O3. The maximum absolute atomic E-state index is 14.0. The molecule has 2 heterocycles. The maximum Gasteiger partial charge on any atom is 0.274 e. The summed E-state index contributed by atoms with van der Waals surface area (Å²) in [6.07, 6.45) is 6.51. The molecule has 0 atom stereocenters. The standard InChI is InChI=1S/C31H35N5O3/c1-22-11-7-8-14-25(22)30(17-18-30)21-35(2)28(38)31(15-9-4-10-16-31)39-20-24-19-26(37)36-29(32-24)33-27(34-36)23-12-5-3-6-13-23/h3,5-8,11-14,19H,4,9-10,15-18,20-21H2,1-2H3,(H,32,33,34). The number of aryl methyl sites for hydroxylation is 1. The van der Waals surface area contributed by atoms with E-state index in [4.69, 9.17) is 4.74 Å². The molecule has 0 bridgehead atoms. The largest absolute Gasteiger partial charge is 0.359 e. The summed E-state index contributed by atoms with van der Waals surface area (Å²) in [7, 11) is 1.91. The lowest BCUT2D eigenvalue weighted by molar-refractivity contribution is -0.165. The van der Waals surface area contributed by atoms with Crippen LogP contribution in [0.2, 0.25) is 0 Å². The average Bonchev–Trinajstić information content (AvgIpc) is 3.60. The number of H-pyrrole nitrogens is 1. The molecule has 0 unspecified atom stereocenters. The minimum absolute atomic E-state index is 0.0310. The van der Waals surface area contributed by atoms with Crippen molar-refractivity contribution in [2.45, 2.75) is 69.5 Å². The van der Waals surface area contributed by atoms with E-state index in [1.54, 1.807) is 0 Å². The second kappa shape index (κ2) is 10.1. The molecule has 2 aromatic heterocycles. The van der Waals surface area contributed by atoms with Gasteiger partial charge in [0.15, 0.2) is 5.82 Å². The van der Waals surface area contributed by atoms with Crippen molar-refractivity contribution >= 4 is 11.7 Å². The Morgan fingerprint density at radius 1 is 1.00 bits per heavy atom. The number of nitrogens with one attached hydrogen (secondary N) is 1. The van der Waals surface area contributed by atoms with Crippen molar-refractivity contribution < 1.29 is 9.53 Å². The van der Waals surface area contributed by atoms with E-state index < -0.39 is 5.60 Å². The minimum atomic E-state index is -0.900. The number of rotatable bonds is 8. The number of benzene rings is 2. The number of carbonyl (C=O) groups excluding carboxylic acids is 1. The Hall–Kier alpha value is -3.78. The summed E-state index contributed by atoms with van der Waals surface area (Å²) in [4.78, 5) is 37.9. The van der Waals surface area contributed by atoms with Crippen molar-refractivity contribution in [3.8, 4) is 11.4 Å². The minimum Gasteiger partial charge on any atom is -0.359 e. The van der Waals surface area contributed by atoms with Crippen LogP contribution in [0.4, 0.5) is 0 Å². The zero-order valence-corrected chi connectivity index (χ0v) is 22.7. The van der Waals surface area contributed by atoms with Crippen molar-refractivity contribution in [3.63, 3.8) is 0 Å². The predicted molar refractivity (Wildman–Crippen MR) is 149 cm³/mol. The third kappa shape index (κ3) is 4.89. The van der Waals surface area contributed by atoms with Gasteiger partial charge in [-0.25, -0.2) is 4.98 Å². The summed E-state index contributed by atoms with van der Waals surface area (Å²) in [5, 5.41) is 3.03. The Labute approximate surface area is 228 Å². The third-order valence-electron chi connectivity index (χ3n) is 8.43. The molecule has 2 saturated carbocycles. The summed E-state index contributed by atoms with van der Waals surface area (Å²) in [6.45, 7) is 2.92. The van der Waals surface area contributed by atoms with Crippen LogP contribution in [-0.4, -0.2) is 49.6 Å². The van der Waals surface area contributed by atoms with Crippen LogP contribution in [0.3, 0.4) is 0 Å². The van der Waals surface area contributed by atoms with Crippen LogP contribution >= 0.6 is 0 Å². The second-order valence-electron chi connectivity index (χ2n) is 11.3. The predicted octanol–water partition coefficient (Wildman–Crippen LogP) is 4.80. The Kier molecular flexibility index (Phi) is 6.59.